The van der Waals surface area contributed by atoms with Gasteiger partial charge in [-0.1, -0.05) is 26.0 Å². The molecule has 1 N–H and O–H groups in total. The molecule has 14 heavy (non-hydrogen) atoms. The Labute approximate surface area is 86.2 Å². The fourth-order valence-electron chi connectivity index (χ4n) is 1.40. The Bertz CT molecular complexity index is 283. The molecular formula is C12H19NO. The molecule has 0 aromatic heterocycles. The van der Waals surface area contributed by atoms with Crippen molar-refractivity contribution in [2.45, 2.75) is 19.8 Å². The Morgan fingerprint density at radius 1 is 1.36 bits per heavy atom. The zero-order valence-electron chi connectivity index (χ0n) is 9.20. The van der Waals surface area contributed by atoms with Crippen molar-refractivity contribution in [3.63, 3.8) is 0 Å². The summed E-state index contributed by atoms with van der Waals surface area (Å²) in [5, 5.41) is 8.83. The van der Waals surface area contributed by atoms with Crippen molar-refractivity contribution >= 4 is 5.69 Å². The second-order valence-electron chi connectivity index (χ2n) is 3.89. The summed E-state index contributed by atoms with van der Waals surface area (Å²) in [6.07, 6.45) is 0. The van der Waals surface area contributed by atoms with E-state index in [9.17, 15) is 0 Å². The molecule has 0 saturated carbocycles. The molecule has 1 rings (SSSR count). The number of hydrogen-bond acceptors (Lipinski definition) is 2. The van der Waals surface area contributed by atoms with E-state index in [4.69, 9.17) is 5.11 Å². The first-order valence-corrected chi connectivity index (χ1v) is 5.07. The predicted octanol–water partition coefficient (Wildman–Crippen LogP) is 2.24. The van der Waals surface area contributed by atoms with E-state index in [1.807, 2.05) is 7.05 Å². The van der Waals surface area contributed by atoms with Gasteiger partial charge in [-0.15, -0.1) is 0 Å². The first kappa shape index (κ1) is 11.1. The molecule has 0 amide bonds. The van der Waals surface area contributed by atoms with Crippen LogP contribution in [0.5, 0.6) is 0 Å². The van der Waals surface area contributed by atoms with Gasteiger partial charge in [-0.2, -0.15) is 0 Å². The van der Waals surface area contributed by atoms with E-state index in [0.717, 1.165) is 0 Å². The highest BCUT2D eigenvalue weighted by Crippen LogP contribution is 2.20. The van der Waals surface area contributed by atoms with Crippen LogP contribution in [0.2, 0.25) is 0 Å². The molecule has 0 radical (unpaired) electrons. The average Bonchev–Trinajstić information content (AvgIpc) is 2.18. The summed E-state index contributed by atoms with van der Waals surface area (Å²) >= 11 is 0. The third-order valence-corrected chi connectivity index (χ3v) is 2.41. The van der Waals surface area contributed by atoms with Gasteiger partial charge >= 0.3 is 0 Å². The van der Waals surface area contributed by atoms with Crippen LogP contribution in [0.15, 0.2) is 24.3 Å². The van der Waals surface area contributed by atoms with Crippen LogP contribution in [-0.4, -0.2) is 25.3 Å². The lowest BCUT2D eigenvalue weighted by atomic mass is 10.0. The molecule has 1 aromatic carbocycles. The molecule has 0 saturated heterocycles. The van der Waals surface area contributed by atoms with Crippen molar-refractivity contribution in [1.29, 1.82) is 0 Å². The van der Waals surface area contributed by atoms with E-state index in [1.165, 1.54) is 11.3 Å². The maximum absolute atomic E-state index is 8.83. The molecule has 0 bridgehead atoms. The summed E-state index contributed by atoms with van der Waals surface area (Å²) < 4.78 is 0. The molecule has 1 aromatic rings. The van der Waals surface area contributed by atoms with Gasteiger partial charge in [0.25, 0.3) is 0 Å². The second kappa shape index (κ2) is 5.01. The molecule has 0 heterocycles. The summed E-state index contributed by atoms with van der Waals surface area (Å²) in [4.78, 5) is 2.06. The maximum Gasteiger partial charge on any atom is 0.0606 e. The minimum atomic E-state index is 0.197. The third-order valence-electron chi connectivity index (χ3n) is 2.41. The summed E-state index contributed by atoms with van der Waals surface area (Å²) in [7, 11) is 2.00. The van der Waals surface area contributed by atoms with Gasteiger partial charge in [-0.05, 0) is 23.6 Å². The largest absolute Gasteiger partial charge is 0.395 e. The number of rotatable bonds is 4. The van der Waals surface area contributed by atoms with Gasteiger partial charge in [0.2, 0.25) is 0 Å². The molecule has 0 unspecified atom stereocenters. The van der Waals surface area contributed by atoms with Crippen molar-refractivity contribution in [2.24, 2.45) is 0 Å². The van der Waals surface area contributed by atoms with E-state index in [0.29, 0.717) is 12.5 Å². The molecular weight excluding hydrogens is 174 g/mol. The van der Waals surface area contributed by atoms with Gasteiger partial charge < -0.3 is 10.0 Å². The number of anilines is 1. The number of likely N-dealkylation sites (N-methyl/N-ethyl adjacent to an activating group) is 1. The van der Waals surface area contributed by atoms with Crippen LogP contribution in [0.3, 0.4) is 0 Å². The van der Waals surface area contributed by atoms with Crippen molar-refractivity contribution in [2.75, 3.05) is 25.1 Å². The Hall–Kier alpha value is -1.02. The normalized spacial score (nSPS) is 10.6. The molecule has 0 fully saturated rings. The minimum absolute atomic E-state index is 0.197. The molecule has 2 heteroatoms. The summed E-state index contributed by atoms with van der Waals surface area (Å²) in [5.41, 5.74) is 2.51. The zero-order valence-corrected chi connectivity index (χ0v) is 9.20. The molecule has 78 valence electrons. The first-order chi connectivity index (χ1) is 6.65. The molecule has 0 atom stereocenters. The molecule has 0 spiro atoms. The summed E-state index contributed by atoms with van der Waals surface area (Å²) in [6, 6.07) is 8.46. The Morgan fingerprint density at radius 3 is 2.64 bits per heavy atom. The van der Waals surface area contributed by atoms with E-state index in [1.54, 1.807) is 0 Å². The van der Waals surface area contributed by atoms with E-state index in [-0.39, 0.29) is 6.61 Å². The predicted molar refractivity (Wildman–Crippen MR) is 60.9 cm³/mol. The molecule has 0 aliphatic carbocycles. The molecule has 2 nitrogen and oxygen atoms in total. The number of aliphatic hydroxyl groups excluding tert-OH is 1. The van der Waals surface area contributed by atoms with Crippen LogP contribution in [0.4, 0.5) is 5.69 Å². The Morgan fingerprint density at radius 2 is 2.07 bits per heavy atom. The van der Waals surface area contributed by atoms with E-state index < -0.39 is 0 Å². The van der Waals surface area contributed by atoms with Crippen molar-refractivity contribution in [3.05, 3.63) is 29.8 Å². The Kier molecular flexibility index (Phi) is 3.96. The van der Waals surface area contributed by atoms with Crippen molar-refractivity contribution in [3.8, 4) is 0 Å². The van der Waals surface area contributed by atoms with Crippen LogP contribution in [-0.2, 0) is 0 Å². The fourth-order valence-corrected chi connectivity index (χ4v) is 1.40. The van der Waals surface area contributed by atoms with Gasteiger partial charge in [-0.25, -0.2) is 0 Å². The van der Waals surface area contributed by atoms with Crippen LogP contribution in [0, 0.1) is 0 Å². The molecule has 0 aliphatic rings. The molecule has 0 aliphatic heterocycles. The number of aliphatic hydroxyl groups is 1. The van der Waals surface area contributed by atoms with Crippen LogP contribution in [0.25, 0.3) is 0 Å². The summed E-state index contributed by atoms with van der Waals surface area (Å²) in [6.45, 7) is 5.25. The maximum atomic E-state index is 8.83. The zero-order chi connectivity index (χ0) is 10.6. The third kappa shape index (κ3) is 2.74. The van der Waals surface area contributed by atoms with Gasteiger partial charge in [0.15, 0.2) is 0 Å². The van der Waals surface area contributed by atoms with Gasteiger partial charge in [0, 0.05) is 19.3 Å². The lowest BCUT2D eigenvalue weighted by Crippen LogP contribution is -2.21. The van der Waals surface area contributed by atoms with Crippen LogP contribution >= 0.6 is 0 Å². The SMILES string of the molecule is CC(C)c1cccc(N(C)CCO)c1. The highest BCUT2D eigenvalue weighted by Gasteiger charge is 2.03. The van der Waals surface area contributed by atoms with Crippen molar-refractivity contribution < 1.29 is 5.11 Å². The van der Waals surface area contributed by atoms with Crippen LogP contribution < -0.4 is 4.90 Å². The van der Waals surface area contributed by atoms with Crippen LogP contribution in [0.1, 0.15) is 25.3 Å². The highest BCUT2D eigenvalue weighted by atomic mass is 16.3. The van der Waals surface area contributed by atoms with Gasteiger partial charge in [-0.3, -0.25) is 0 Å². The fraction of sp³-hybridized carbons (Fsp3) is 0.500. The smallest absolute Gasteiger partial charge is 0.0606 e. The van der Waals surface area contributed by atoms with E-state index in [2.05, 4.69) is 43.0 Å². The monoisotopic (exact) mass is 193 g/mol. The Balaban J connectivity index is 2.82. The number of nitrogens with zero attached hydrogens (tertiary/aromatic N) is 1. The number of benzene rings is 1. The first-order valence-electron chi connectivity index (χ1n) is 5.07. The lowest BCUT2D eigenvalue weighted by Gasteiger charge is -2.19. The quantitative estimate of drug-likeness (QED) is 0.792. The summed E-state index contributed by atoms with van der Waals surface area (Å²) in [5.74, 6) is 0.553. The van der Waals surface area contributed by atoms with Gasteiger partial charge in [0.05, 0.1) is 6.61 Å². The second-order valence-corrected chi connectivity index (χ2v) is 3.89. The standard InChI is InChI=1S/C12H19NO/c1-10(2)11-5-4-6-12(9-11)13(3)7-8-14/h4-6,9-10,14H,7-8H2,1-3H3. The van der Waals surface area contributed by atoms with Crippen molar-refractivity contribution in [1.82, 2.24) is 0 Å². The number of hydrogen-bond donors (Lipinski definition) is 1. The topological polar surface area (TPSA) is 23.5 Å². The van der Waals surface area contributed by atoms with Gasteiger partial charge in [0.1, 0.15) is 0 Å². The highest BCUT2D eigenvalue weighted by molar-refractivity contribution is 5.48. The van der Waals surface area contributed by atoms with E-state index >= 15 is 0 Å². The average molecular weight is 193 g/mol. The minimum Gasteiger partial charge on any atom is -0.395 e. The lowest BCUT2D eigenvalue weighted by molar-refractivity contribution is 0.304.